The zero-order chi connectivity index (χ0) is 13.0. The average molecular weight is 261 g/mol. The molecule has 1 aromatic rings. The molecule has 17 heavy (non-hydrogen) atoms. The van der Waals surface area contributed by atoms with Gasteiger partial charge >= 0.3 is 0 Å². The third-order valence-electron chi connectivity index (χ3n) is 2.54. The monoisotopic (exact) mass is 260 g/mol. The highest BCUT2D eigenvalue weighted by Gasteiger charge is 2.22. The van der Waals surface area contributed by atoms with Crippen LogP contribution in [0.2, 0.25) is 5.02 Å². The van der Waals surface area contributed by atoms with Gasteiger partial charge in [-0.25, -0.2) is 4.39 Å². The van der Waals surface area contributed by atoms with Gasteiger partial charge in [0.05, 0.1) is 19.2 Å². The minimum absolute atomic E-state index is 0.0306. The van der Waals surface area contributed by atoms with Gasteiger partial charge in [-0.1, -0.05) is 18.5 Å². The minimum Gasteiger partial charge on any atom is -0.493 e. The number of ether oxygens (including phenoxy) is 2. The van der Waals surface area contributed by atoms with Crippen LogP contribution in [-0.4, -0.2) is 20.5 Å². The molecule has 5 heteroatoms. The first kappa shape index (κ1) is 13.8. The molecule has 1 rings (SSSR count). The fraction of sp³-hybridized carbons (Fsp3) is 0.417. The van der Waals surface area contributed by atoms with Crippen molar-refractivity contribution in [2.75, 3.05) is 14.2 Å². The van der Waals surface area contributed by atoms with Crippen LogP contribution in [0.25, 0.3) is 0 Å². The lowest BCUT2D eigenvalue weighted by molar-refractivity contribution is -0.108. The second-order valence-electron chi connectivity index (χ2n) is 3.62. The number of carbonyl (C=O) groups excluding carboxylic acids is 1. The Labute approximate surface area is 104 Å². The van der Waals surface area contributed by atoms with Crippen molar-refractivity contribution in [3.05, 3.63) is 22.5 Å². The molecule has 1 aromatic carbocycles. The molecule has 0 saturated heterocycles. The van der Waals surface area contributed by atoms with Crippen molar-refractivity contribution in [1.29, 1.82) is 0 Å². The van der Waals surface area contributed by atoms with Gasteiger partial charge in [-0.05, 0) is 5.92 Å². The van der Waals surface area contributed by atoms with Gasteiger partial charge < -0.3 is 14.3 Å². The van der Waals surface area contributed by atoms with Crippen LogP contribution in [-0.2, 0) is 4.79 Å². The van der Waals surface area contributed by atoms with Crippen LogP contribution >= 0.6 is 11.6 Å². The van der Waals surface area contributed by atoms with Crippen LogP contribution < -0.4 is 9.47 Å². The molecule has 0 saturated carbocycles. The summed E-state index contributed by atoms with van der Waals surface area (Å²) < 4.78 is 23.8. The first-order valence-corrected chi connectivity index (χ1v) is 5.48. The summed E-state index contributed by atoms with van der Waals surface area (Å²) in [6, 6.07) is 1.16. The smallest absolute Gasteiger partial charge is 0.165 e. The van der Waals surface area contributed by atoms with E-state index in [4.69, 9.17) is 21.1 Å². The number of benzene rings is 1. The van der Waals surface area contributed by atoms with E-state index in [1.54, 1.807) is 6.92 Å². The van der Waals surface area contributed by atoms with Gasteiger partial charge in [-0.3, -0.25) is 0 Å². The zero-order valence-corrected chi connectivity index (χ0v) is 10.7. The molecule has 0 heterocycles. The lowest BCUT2D eigenvalue weighted by Gasteiger charge is -2.18. The Morgan fingerprint density at radius 2 is 2.12 bits per heavy atom. The fourth-order valence-electron chi connectivity index (χ4n) is 1.67. The summed E-state index contributed by atoms with van der Waals surface area (Å²) in [5, 5.41) is -0.0306. The molecule has 0 aliphatic carbocycles. The lowest BCUT2D eigenvalue weighted by Crippen LogP contribution is -2.03. The third kappa shape index (κ3) is 2.69. The largest absolute Gasteiger partial charge is 0.493 e. The van der Waals surface area contributed by atoms with E-state index in [0.717, 1.165) is 12.4 Å². The summed E-state index contributed by atoms with van der Waals surface area (Å²) in [6.07, 6.45) is 1.00. The van der Waals surface area contributed by atoms with Gasteiger partial charge in [-0.2, -0.15) is 0 Å². The Bertz CT molecular complexity index is 421. The first-order valence-electron chi connectivity index (χ1n) is 5.10. The van der Waals surface area contributed by atoms with Gasteiger partial charge in [0.1, 0.15) is 12.1 Å². The zero-order valence-electron chi connectivity index (χ0n) is 9.92. The normalized spacial score (nSPS) is 12.1. The highest BCUT2D eigenvalue weighted by atomic mass is 35.5. The van der Waals surface area contributed by atoms with Crippen LogP contribution in [0.15, 0.2) is 6.07 Å². The predicted molar refractivity (Wildman–Crippen MR) is 63.6 cm³/mol. The van der Waals surface area contributed by atoms with Crippen molar-refractivity contribution in [2.45, 2.75) is 19.3 Å². The number of methoxy groups -OCH3 is 2. The number of hydrogen-bond acceptors (Lipinski definition) is 3. The molecule has 0 bridgehead atoms. The van der Waals surface area contributed by atoms with E-state index < -0.39 is 5.82 Å². The van der Waals surface area contributed by atoms with Gasteiger partial charge in [0.2, 0.25) is 0 Å². The van der Waals surface area contributed by atoms with Gasteiger partial charge in [0.25, 0.3) is 0 Å². The van der Waals surface area contributed by atoms with Crippen LogP contribution in [0.4, 0.5) is 4.39 Å². The summed E-state index contributed by atoms with van der Waals surface area (Å²) >= 11 is 5.91. The van der Waals surface area contributed by atoms with E-state index in [9.17, 15) is 9.18 Å². The van der Waals surface area contributed by atoms with Crippen LogP contribution in [0.5, 0.6) is 11.5 Å². The second-order valence-corrected chi connectivity index (χ2v) is 4.00. The molecule has 0 N–H and O–H groups in total. The predicted octanol–water partition coefficient (Wildman–Crippen LogP) is 3.19. The fourth-order valence-corrected chi connectivity index (χ4v) is 2.00. The van der Waals surface area contributed by atoms with Crippen LogP contribution in [0, 0.1) is 5.82 Å². The lowest BCUT2D eigenvalue weighted by atomic mass is 9.96. The van der Waals surface area contributed by atoms with E-state index in [1.165, 1.54) is 14.2 Å². The number of rotatable bonds is 5. The molecule has 0 fully saturated rings. The number of halogens is 2. The molecule has 0 spiro atoms. The second kappa shape index (κ2) is 5.87. The average Bonchev–Trinajstić information content (AvgIpc) is 2.31. The van der Waals surface area contributed by atoms with E-state index in [0.29, 0.717) is 11.3 Å². The molecular weight excluding hydrogens is 247 g/mol. The van der Waals surface area contributed by atoms with Crippen molar-refractivity contribution >= 4 is 17.9 Å². The molecular formula is C12H14ClFO3. The van der Waals surface area contributed by atoms with Gasteiger partial charge in [0.15, 0.2) is 11.5 Å². The Kier molecular flexibility index (Phi) is 4.75. The Balaban J connectivity index is 3.42. The van der Waals surface area contributed by atoms with Crippen molar-refractivity contribution in [1.82, 2.24) is 0 Å². The van der Waals surface area contributed by atoms with E-state index in [2.05, 4.69) is 0 Å². The Morgan fingerprint density at radius 3 is 2.59 bits per heavy atom. The van der Waals surface area contributed by atoms with E-state index in [-0.39, 0.29) is 23.1 Å². The van der Waals surface area contributed by atoms with Gasteiger partial charge in [0, 0.05) is 18.1 Å². The maximum Gasteiger partial charge on any atom is 0.165 e. The summed E-state index contributed by atoms with van der Waals surface area (Å²) in [7, 11) is 2.86. The molecule has 0 amide bonds. The Morgan fingerprint density at radius 1 is 1.47 bits per heavy atom. The Hall–Kier alpha value is -1.29. The SMILES string of the molecule is COc1cc(F)c(Cl)c(C(C)CC=O)c1OC. The summed E-state index contributed by atoms with van der Waals surface area (Å²) in [5.41, 5.74) is 0.457. The molecule has 0 aliphatic rings. The van der Waals surface area contributed by atoms with E-state index in [1.807, 2.05) is 0 Å². The minimum atomic E-state index is -0.586. The summed E-state index contributed by atoms with van der Waals surface area (Å²) in [4.78, 5) is 10.5. The van der Waals surface area contributed by atoms with Crippen LogP contribution in [0.1, 0.15) is 24.8 Å². The maximum atomic E-state index is 13.6. The molecule has 94 valence electrons. The van der Waals surface area contributed by atoms with Crippen molar-refractivity contribution in [3.63, 3.8) is 0 Å². The quantitative estimate of drug-likeness (QED) is 0.763. The molecule has 0 radical (unpaired) electrons. The number of aldehydes is 1. The van der Waals surface area contributed by atoms with Gasteiger partial charge in [-0.15, -0.1) is 0 Å². The molecule has 0 aromatic heterocycles. The molecule has 3 nitrogen and oxygen atoms in total. The van der Waals surface area contributed by atoms with Crippen molar-refractivity contribution < 1.29 is 18.7 Å². The third-order valence-corrected chi connectivity index (χ3v) is 2.92. The molecule has 0 aliphatic heterocycles. The first-order chi connectivity index (χ1) is 8.06. The van der Waals surface area contributed by atoms with Crippen LogP contribution in [0.3, 0.4) is 0 Å². The topological polar surface area (TPSA) is 35.5 Å². The highest BCUT2D eigenvalue weighted by molar-refractivity contribution is 6.31. The van der Waals surface area contributed by atoms with Crippen molar-refractivity contribution in [2.24, 2.45) is 0 Å². The summed E-state index contributed by atoms with van der Waals surface area (Å²) in [6.45, 7) is 1.77. The maximum absolute atomic E-state index is 13.6. The van der Waals surface area contributed by atoms with E-state index >= 15 is 0 Å². The number of hydrogen-bond donors (Lipinski definition) is 0. The molecule has 1 unspecified atom stereocenters. The van der Waals surface area contributed by atoms with Crippen molar-refractivity contribution in [3.8, 4) is 11.5 Å². The standard InChI is InChI=1S/C12H14ClFO3/c1-7(4-5-15)10-11(13)8(14)6-9(16-2)12(10)17-3/h5-7H,4H2,1-3H3. The summed E-state index contributed by atoms with van der Waals surface area (Å²) in [5.74, 6) is -0.188. The highest BCUT2D eigenvalue weighted by Crippen LogP contribution is 2.42. The number of carbonyl (C=O) groups is 1. The molecule has 1 atom stereocenters.